The van der Waals surface area contributed by atoms with Crippen molar-refractivity contribution in [3.8, 4) is 0 Å². The summed E-state index contributed by atoms with van der Waals surface area (Å²) < 4.78 is 0. The largest absolute Gasteiger partial charge is 0.339 e. The first-order valence-corrected chi connectivity index (χ1v) is 7.58. The number of carbonyl (C=O) groups excluding carboxylic acids is 1. The van der Waals surface area contributed by atoms with Crippen LogP contribution >= 0.6 is 0 Å². The molecule has 104 valence electrons. The third kappa shape index (κ3) is 3.25. The number of nitrogens with zero attached hydrogens (tertiary/aromatic N) is 1. The van der Waals surface area contributed by atoms with Crippen molar-refractivity contribution in [3.05, 3.63) is 0 Å². The molecule has 1 N–H and O–H groups in total. The van der Waals surface area contributed by atoms with Crippen LogP contribution in [0.4, 0.5) is 0 Å². The van der Waals surface area contributed by atoms with Gasteiger partial charge in [0, 0.05) is 19.0 Å². The molecule has 0 saturated carbocycles. The van der Waals surface area contributed by atoms with Crippen LogP contribution in [0.2, 0.25) is 0 Å². The molecule has 0 aromatic rings. The maximum Gasteiger partial charge on any atom is 0.223 e. The second-order valence-corrected chi connectivity index (χ2v) is 6.50. The van der Waals surface area contributed by atoms with E-state index in [1.54, 1.807) is 0 Å². The van der Waals surface area contributed by atoms with Gasteiger partial charge in [0.05, 0.1) is 0 Å². The van der Waals surface area contributed by atoms with Gasteiger partial charge in [-0.3, -0.25) is 4.79 Å². The standard InChI is InChI=1S/C15H28N2O/c1-11-8-12(2)13(3)17(10-11)15(18)9-14-4-6-16-7-5-14/h11-14,16H,4-10H2,1-3H3. The quantitative estimate of drug-likeness (QED) is 0.817. The summed E-state index contributed by atoms with van der Waals surface area (Å²) in [6.07, 6.45) is 4.36. The normalized spacial score (nSPS) is 34.6. The van der Waals surface area contributed by atoms with E-state index in [2.05, 4.69) is 31.0 Å². The minimum Gasteiger partial charge on any atom is -0.339 e. The van der Waals surface area contributed by atoms with E-state index in [4.69, 9.17) is 0 Å². The zero-order chi connectivity index (χ0) is 13.1. The first kappa shape index (κ1) is 13.9. The summed E-state index contributed by atoms with van der Waals surface area (Å²) in [5.74, 6) is 2.31. The van der Waals surface area contributed by atoms with Gasteiger partial charge >= 0.3 is 0 Å². The van der Waals surface area contributed by atoms with Gasteiger partial charge in [-0.25, -0.2) is 0 Å². The number of hydrogen-bond donors (Lipinski definition) is 1. The van der Waals surface area contributed by atoms with Crippen molar-refractivity contribution >= 4 is 5.91 Å². The Bertz CT molecular complexity index is 286. The van der Waals surface area contributed by atoms with Gasteiger partial charge in [0.1, 0.15) is 0 Å². The smallest absolute Gasteiger partial charge is 0.223 e. The summed E-state index contributed by atoms with van der Waals surface area (Å²) in [6, 6.07) is 0.426. The first-order chi connectivity index (χ1) is 8.58. The first-order valence-electron chi connectivity index (χ1n) is 7.58. The third-order valence-corrected chi connectivity index (χ3v) is 4.84. The summed E-state index contributed by atoms with van der Waals surface area (Å²) in [5.41, 5.74) is 0. The molecule has 2 aliphatic rings. The molecule has 3 nitrogen and oxygen atoms in total. The van der Waals surface area contributed by atoms with Crippen LogP contribution in [0.3, 0.4) is 0 Å². The monoisotopic (exact) mass is 252 g/mol. The van der Waals surface area contributed by atoms with E-state index in [-0.39, 0.29) is 0 Å². The van der Waals surface area contributed by atoms with Crippen LogP contribution in [-0.4, -0.2) is 36.5 Å². The summed E-state index contributed by atoms with van der Waals surface area (Å²) in [5, 5.41) is 3.37. The Morgan fingerprint density at radius 3 is 2.56 bits per heavy atom. The second-order valence-electron chi connectivity index (χ2n) is 6.50. The van der Waals surface area contributed by atoms with Crippen LogP contribution in [-0.2, 0) is 4.79 Å². The number of amides is 1. The van der Waals surface area contributed by atoms with Gasteiger partial charge in [-0.05, 0) is 57.0 Å². The number of piperidine rings is 2. The zero-order valence-electron chi connectivity index (χ0n) is 12.1. The van der Waals surface area contributed by atoms with Gasteiger partial charge in [-0.15, -0.1) is 0 Å². The molecule has 0 spiro atoms. The van der Waals surface area contributed by atoms with E-state index < -0.39 is 0 Å². The Balaban J connectivity index is 1.90. The molecule has 0 bridgehead atoms. The van der Waals surface area contributed by atoms with Crippen LogP contribution in [0.25, 0.3) is 0 Å². The molecule has 3 unspecified atom stereocenters. The lowest BCUT2D eigenvalue weighted by Crippen LogP contribution is -2.49. The van der Waals surface area contributed by atoms with Crippen molar-refractivity contribution < 1.29 is 4.79 Å². The Labute approximate surface area is 111 Å². The fourth-order valence-electron chi connectivity index (χ4n) is 3.49. The van der Waals surface area contributed by atoms with Gasteiger partial charge in [0.15, 0.2) is 0 Å². The maximum atomic E-state index is 12.5. The molecular formula is C15H28N2O. The molecule has 18 heavy (non-hydrogen) atoms. The molecular weight excluding hydrogens is 224 g/mol. The highest BCUT2D eigenvalue weighted by Crippen LogP contribution is 2.28. The molecule has 3 heteroatoms. The van der Waals surface area contributed by atoms with Gasteiger partial charge in [-0.2, -0.15) is 0 Å². The van der Waals surface area contributed by atoms with E-state index >= 15 is 0 Å². The molecule has 3 atom stereocenters. The Hall–Kier alpha value is -0.570. The van der Waals surface area contributed by atoms with Crippen molar-refractivity contribution in [2.75, 3.05) is 19.6 Å². The molecule has 0 aromatic carbocycles. The summed E-state index contributed by atoms with van der Waals surface area (Å²) >= 11 is 0. The average molecular weight is 252 g/mol. The summed E-state index contributed by atoms with van der Waals surface area (Å²) in [4.78, 5) is 14.6. The molecule has 2 heterocycles. The van der Waals surface area contributed by atoms with Crippen molar-refractivity contribution in [2.45, 2.75) is 52.5 Å². The van der Waals surface area contributed by atoms with Crippen LogP contribution in [0.5, 0.6) is 0 Å². The van der Waals surface area contributed by atoms with Crippen LogP contribution in [0, 0.1) is 17.8 Å². The van der Waals surface area contributed by atoms with Crippen LogP contribution in [0.1, 0.15) is 46.5 Å². The molecule has 0 aliphatic carbocycles. The average Bonchev–Trinajstić information content (AvgIpc) is 2.35. The molecule has 1 amide bonds. The Morgan fingerprint density at radius 2 is 1.89 bits per heavy atom. The highest BCUT2D eigenvalue weighted by molar-refractivity contribution is 5.77. The number of rotatable bonds is 2. The fraction of sp³-hybridized carbons (Fsp3) is 0.933. The van der Waals surface area contributed by atoms with E-state index in [1.807, 2.05) is 0 Å². The molecule has 2 saturated heterocycles. The lowest BCUT2D eigenvalue weighted by Gasteiger charge is -2.41. The van der Waals surface area contributed by atoms with Gasteiger partial charge < -0.3 is 10.2 Å². The minimum atomic E-state index is 0.396. The van der Waals surface area contributed by atoms with Crippen molar-refractivity contribution in [1.29, 1.82) is 0 Å². The topological polar surface area (TPSA) is 32.3 Å². The number of carbonyl (C=O) groups is 1. The summed E-state index contributed by atoms with van der Waals surface area (Å²) in [6.45, 7) is 9.91. The van der Waals surface area contributed by atoms with Crippen molar-refractivity contribution in [3.63, 3.8) is 0 Å². The van der Waals surface area contributed by atoms with Gasteiger partial charge in [0.25, 0.3) is 0 Å². The molecule has 0 aromatic heterocycles. The fourth-order valence-corrected chi connectivity index (χ4v) is 3.49. The second kappa shape index (κ2) is 6.05. The molecule has 0 radical (unpaired) electrons. The van der Waals surface area contributed by atoms with E-state index in [0.29, 0.717) is 29.7 Å². The van der Waals surface area contributed by atoms with Gasteiger partial charge in [0.2, 0.25) is 5.91 Å². The number of hydrogen-bond acceptors (Lipinski definition) is 2. The molecule has 2 fully saturated rings. The van der Waals surface area contributed by atoms with Crippen LogP contribution in [0.15, 0.2) is 0 Å². The lowest BCUT2D eigenvalue weighted by molar-refractivity contribution is -0.138. The van der Waals surface area contributed by atoms with Crippen molar-refractivity contribution in [2.24, 2.45) is 17.8 Å². The van der Waals surface area contributed by atoms with E-state index in [0.717, 1.165) is 26.1 Å². The van der Waals surface area contributed by atoms with Gasteiger partial charge in [-0.1, -0.05) is 13.8 Å². The molecule has 2 rings (SSSR count). The zero-order valence-corrected chi connectivity index (χ0v) is 12.1. The predicted octanol–water partition coefficient (Wildman–Crippen LogP) is 2.27. The minimum absolute atomic E-state index is 0.396. The lowest BCUT2D eigenvalue weighted by atomic mass is 9.85. The number of nitrogens with one attached hydrogen (secondary N) is 1. The van der Waals surface area contributed by atoms with Crippen molar-refractivity contribution in [1.82, 2.24) is 10.2 Å². The van der Waals surface area contributed by atoms with E-state index in [9.17, 15) is 4.79 Å². The third-order valence-electron chi connectivity index (χ3n) is 4.84. The molecule has 2 aliphatic heterocycles. The highest BCUT2D eigenvalue weighted by atomic mass is 16.2. The Morgan fingerprint density at radius 1 is 1.22 bits per heavy atom. The SMILES string of the molecule is CC1CC(C)C(C)N(C(=O)CC2CCNCC2)C1. The van der Waals surface area contributed by atoms with E-state index in [1.165, 1.54) is 19.3 Å². The predicted molar refractivity (Wildman–Crippen MR) is 74.3 cm³/mol. The summed E-state index contributed by atoms with van der Waals surface area (Å²) in [7, 11) is 0. The number of likely N-dealkylation sites (tertiary alicyclic amines) is 1. The highest BCUT2D eigenvalue weighted by Gasteiger charge is 2.32. The Kier molecular flexibility index (Phi) is 4.66. The maximum absolute atomic E-state index is 12.5. The van der Waals surface area contributed by atoms with Crippen LogP contribution < -0.4 is 5.32 Å².